The summed E-state index contributed by atoms with van der Waals surface area (Å²) < 4.78 is 24.8. The van der Waals surface area contributed by atoms with Gasteiger partial charge in [0.2, 0.25) is 5.91 Å². The first kappa shape index (κ1) is 56.6. The maximum atomic E-state index is 14.0. The highest BCUT2D eigenvalue weighted by Gasteiger charge is 2.38. The van der Waals surface area contributed by atoms with Crippen molar-refractivity contribution in [1.82, 2.24) is 52.7 Å². The van der Waals surface area contributed by atoms with E-state index < -0.39 is 6.04 Å². The molecule has 8 aromatic rings. The number of nitrogens with zero attached hydrogens (tertiary/aromatic N) is 11. The number of aromatic nitrogens is 6. The molecule has 3 amide bonds. The molecule has 18 heteroatoms. The van der Waals surface area contributed by atoms with E-state index in [4.69, 9.17) is 24.2 Å². The van der Waals surface area contributed by atoms with Crippen LogP contribution < -0.4 is 10.4 Å². The second-order valence-electron chi connectivity index (χ2n) is 24.4. The second kappa shape index (κ2) is 24.5. The van der Waals surface area contributed by atoms with Crippen molar-refractivity contribution in [3.63, 3.8) is 0 Å². The highest BCUT2D eigenvalue weighted by molar-refractivity contribution is 6.00. The minimum absolute atomic E-state index is 0.0204. The van der Waals surface area contributed by atoms with Gasteiger partial charge in [0.25, 0.3) is 11.8 Å². The van der Waals surface area contributed by atoms with Crippen molar-refractivity contribution in [2.24, 2.45) is 20.0 Å². The molecule has 18 nitrogen and oxygen atoms in total. The molecule has 0 N–H and O–H groups in total. The van der Waals surface area contributed by atoms with Gasteiger partial charge in [-0.25, -0.2) is 14.8 Å². The molecule has 5 aliphatic heterocycles. The summed E-state index contributed by atoms with van der Waals surface area (Å²) in [5, 5.41) is 1.15. The third-order valence-electron chi connectivity index (χ3n) is 19.2. The summed E-state index contributed by atoms with van der Waals surface area (Å²) in [4.78, 5) is 75.6. The summed E-state index contributed by atoms with van der Waals surface area (Å²) in [6, 6.07) is 32.2. The summed E-state index contributed by atoms with van der Waals surface area (Å²) in [6.07, 6.45) is 9.74. The van der Waals surface area contributed by atoms with E-state index in [1.807, 2.05) is 36.5 Å². The molecule has 0 bridgehead atoms. The normalized spacial score (nSPS) is 20.2. The van der Waals surface area contributed by atoms with E-state index in [-0.39, 0.29) is 49.0 Å². The zero-order valence-electron chi connectivity index (χ0n) is 49.7. The number of likely N-dealkylation sites (tertiary alicyclic amines) is 3. The zero-order chi connectivity index (χ0) is 58.3. The van der Waals surface area contributed by atoms with E-state index in [1.165, 1.54) is 16.2 Å². The molecule has 0 saturated carbocycles. The quantitative estimate of drug-likeness (QED) is 0.0848. The number of rotatable bonds is 16. The average molecular weight is 1150 g/mol. The molecule has 0 aliphatic carbocycles. The highest BCUT2D eigenvalue weighted by Crippen LogP contribution is 2.37. The molecule has 4 aromatic heterocycles. The number of methoxy groups -OCH3 is 2. The van der Waals surface area contributed by atoms with E-state index >= 15 is 0 Å². The molecule has 0 spiro atoms. The molecule has 2 unspecified atom stereocenters. The third kappa shape index (κ3) is 11.5. The number of pyridine rings is 1. The van der Waals surface area contributed by atoms with Crippen LogP contribution in [0.3, 0.4) is 0 Å². The highest BCUT2D eigenvalue weighted by atomic mass is 16.5. The summed E-state index contributed by atoms with van der Waals surface area (Å²) in [5.74, 6) is 2.16. The lowest BCUT2D eigenvalue weighted by molar-refractivity contribution is -0.151. The van der Waals surface area contributed by atoms with Crippen LogP contribution in [-0.2, 0) is 59.4 Å². The van der Waals surface area contributed by atoms with Gasteiger partial charge in [-0.15, -0.1) is 0 Å². The Labute approximate surface area is 496 Å². The SMILES string of the molecule is COCc1nc2cc(-c3ccnc4c3cc(CN3CCC(c5ccc(C(=O)N6CCC(CN7CCN(Cc8ccc9c(c8)n(C8CCC(=O)N(Cc%10ccc(OC)cc%10)C8=O)c(=O)n9C)CC7)CC6)cc5)CC3)n4C)ccc2n1C1CCCCO1. The fourth-order valence-electron chi connectivity index (χ4n) is 14.2. The van der Waals surface area contributed by atoms with Crippen LogP contribution in [0, 0.1) is 5.92 Å². The van der Waals surface area contributed by atoms with Crippen molar-refractivity contribution in [3.05, 3.63) is 148 Å². The Balaban J connectivity index is 0.565. The van der Waals surface area contributed by atoms with Gasteiger partial charge in [0, 0.05) is 116 Å². The van der Waals surface area contributed by atoms with Gasteiger partial charge in [-0.3, -0.25) is 42.8 Å². The third-order valence-corrected chi connectivity index (χ3v) is 19.2. The number of benzene rings is 4. The molecule has 444 valence electrons. The van der Waals surface area contributed by atoms with Crippen molar-refractivity contribution in [3.8, 4) is 16.9 Å². The maximum absolute atomic E-state index is 14.0. The monoisotopic (exact) mass is 1150 g/mol. The Morgan fingerprint density at radius 2 is 1.41 bits per heavy atom. The lowest BCUT2D eigenvalue weighted by atomic mass is 9.88. The molecule has 9 heterocycles. The minimum atomic E-state index is -0.766. The molecular weight excluding hydrogens is 1070 g/mol. The Morgan fingerprint density at radius 1 is 0.671 bits per heavy atom. The summed E-state index contributed by atoms with van der Waals surface area (Å²) >= 11 is 0. The van der Waals surface area contributed by atoms with Gasteiger partial charge in [-0.05, 0) is 165 Å². The molecule has 85 heavy (non-hydrogen) atoms. The minimum Gasteiger partial charge on any atom is -0.497 e. The van der Waals surface area contributed by atoms with Gasteiger partial charge >= 0.3 is 5.69 Å². The zero-order valence-corrected chi connectivity index (χ0v) is 49.7. The van der Waals surface area contributed by atoms with E-state index in [9.17, 15) is 19.2 Å². The number of imide groups is 1. The first-order valence-corrected chi connectivity index (χ1v) is 30.8. The van der Waals surface area contributed by atoms with E-state index in [0.717, 1.165) is 190 Å². The number of hydrogen-bond donors (Lipinski definition) is 0. The van der Waals surface area contributed by atoms with Gasteiger partial charge in [0.15, 0.2) is 0 Å². The Kier molecular flexibility index (Phi) is 16.3. The number of piperazine rings is 1. The van der Waals surface area contributed by atoms with E-state index in [1.54, 1.807) is 30.4 Å². The summed E-state index contributed by atoms with van der Waals surface area (Å²) in [6.45, 7) is 11.4. The molecule has 13 rings (SSSR count). The number of imidazole rings is 2. The van der Waals surface area contributed by atoms with Crippen LogP contribution >= 0.6 is 0 Å². The first-order valence-electron chi connectivity index (χ1n) is 30.8. The summed E-state index contributed by atoms with van der Waals surface area (Å²) in [7, 11) is 7.19. The average Bonchev–Trinajstić information content (AvgIpc) is 2.31. The van der Waals surface area contributed by atoms with E-state index in [2.05, 4.69) is 103 Å². The topological polar surface area (TPSA) is 158 Å². The smallest absolute Gasteiger partial charge is 0.329 e. The number of hydrogen-bond acceptors (Lipinski definition) is 12. The fraction of sp³-hybridized carbons (Fsp3) is 0.463. The Bertz CT molecular complexity index is 3800. The van der Waals surface area contributed by atoms with Crippen LogP contribution in [-0.4, -0.2) is 150 Å². The van der Waals surface area contributed by atoms with Gasteiger partial charge in [0.1, 0.15) is 36.1 Å². The van der Waals surface area contributed by atoms with Crippen LogP contribution in [0.2, 0.25) is 0 Å². The van der Waals surface area contributed by atoms with Gasteiger partial charge in [-0.1, -0.05) is 36.4 Å². The van der Waals surface area contributed by atoms with Crippen LogP contribution in [0.1, 0.15) is 115 Å². The molecule has 4 aromatic carbocycles. The molecule has 2 atom stereocenters. The van der Waals surface area contributed by atoms with Crippen LogP contribution in [0.15, 0.2) is 108 Å². The number of amides is 3. The predicted octanol–water partition coefficient (Wildman–Crippen LogP) is 9.04. The van der Waals surface area contributed by atoms with Crippen LogP contribution in [0.25, 0.3) is 44.2 Å². The van der Waals surface area contributed by atoms with Gasteiger partial charge < -0.3 is 28.6 Å². The second-order valence-corrected chi connectivity index (χ2v) is 24.4. The number of fused-ring (bicyclic) bond motifs is 3. The Hall–Kier alpha value is -7.48. The van der Waals surface area contributed by atoms with Crippen LogP contribution in [0.5, 0.6) is 5.75 Å². The number of ether oxygens (including phenoxy) is 3. The van der Waals surface area contributed by atoms with Gasteiger partial charge in [-0.2, -0.15) is 0 Å². The largest absolute Gasteiger partial charge is 0.497 e. The fourth-order valence-corrected chi connectivity index (χ4v) is 14.2. The molecule has 5 fully saturated rings. The maximum Gasteiger partial charge on any atom is 0.329 e. The number of piperidine rings is 3. The Morgan fingerprint density at radius 3 is 2.15 bits per heavy atom. The molecular formula is C67H79N11O7. The molecule has 5 aliphatic rings. The van der Waals surface area contributed by atoms with Crippen molar-refractivity contribution in [1.29, 1.82) is 0 Å². The lowest BCUT2D eigenvalue weighted by Gasteiger charge is -2.39. The number of carbonyl (C=O) groups excluding carboxylic acids is 3. The predicted molar refractivity (Wildman–Crippen MR) is 327 cm³/mol. The van der Waals surface area contributed by atoms with Crippen molar-refractivity contribution < 1.29 is 28.6 Å². The van der Waals surface area contributed by atoms with Gasteiger partial charge in [0.05, 0.1) is 35.7 Å². The van der Waals surface area contributed by atoms with Crippen LogP contribution in [0.4, 0.5) is 0 Å². The lowest BCUT2D eigenvalue weighted by Crippen LogP contribution is -2.48. The van der Waals surface area contributed by atoms with Crippen molar-refractivity contribution >= 4 is 50.8 Å². The van der Waals surface area contributed by atoms with Crippen molar-refractivity contribution in [2.45, 2.75) is 102 Å². The standard InChI is InChI=1S/C67H79N11O7/c1-70-52(39-55-54(22-27-68-64(55)70)51-15-19-57-56(38-51)69-61(44-83-3)78(57)63-7-5-6-36-85-63)43-72-28-25-49(26-29-72)48-11-13-50(14-12-48)65(80)75-30-23-46(24-31-75)40-73-32-34-74(35-33-73)41-47-10-18-58-60(37-47)77(67(82)71(58)2)59-20-21-62(79)76(66(59)81)42-45-8-16-53(84-4)17-9-45/h8-19,22,27,37-39,46,49,59,63H,5-7,20-21,23-26,28-36,40-44H2,1-4H3. The van der Waals surface area contributed by atoms with Crippen molar-refractivity contribution in [2.75, 3.05) is 79.7 Å². The number of carbonyl (C=O) groups is 3. The number of aryl methyl sites for hydroxylation is 2. The van der Waals surface area contributed by atoms with E-state index in [0.29, 0.717) is 24.2 Å². The summed E-state index contributed by atoms with van der Waals surface area (Å²) in [5.41, 5.74) is 11.7. The first-order chi connectivity index (χ1) is 41.5. The molecule has 0 radical (unpaired) electrons. The molecule has 5 saturated heterocycles.